The summed E-state index contributed by atoms with van der Waals surface area (Å²) >= 11 is 0. The van der Waals surface area contributed by atoms with E-state index < -0.39 is 0 Å². The molecule has 0 unspecified atom stereocenters. The van der Waals surface area contributed by atoms with Crippen LogP contribution in [0.25, 0.3) is 98.4 Å². The summed E-state index contributed by atoms with van der Waals surface area (Å²) in [6.07, 6.45) is 0. The molecule has 4 aromatic heterocycles. The largest absolute Gasteiger partial charge is 0.309 e. The van der Waals surface area contributed by atoms with Crippen molar-refractivity contribution in [2.45, 2.75) is 119 Å². The number of fused-ring (bicyclic) bond motifs is 12. The Hall–Kier alpha value is -9.38. The SMILES string of the molecule is Cc1cccc(N(c2ccc(C(C)(C)C)cc2-c2ccc(C(C)(C)C)cc2)c2ccc3c4cc5c(cc4n4c6ccccc6c2c34)c2ccc(N(c3cccc(C)c3)c3ccc(C(C)(C)C)cc3-c3ccc(C(C)(C)C)cc3)c3c4ccccc4n5c23)c1. The Morgan fingerprint density at radius 2 is 0.625 bits per heavy atom. The van der Waals surface area contributed by atoms with Gasteiger partial charge in [-0.2, -0.15) is 0 Å². The van der Waals surface area contributed by atoms with Crippen molar-refractivity contribution >= 4 is 110 Å². The third kappa shape index (κ3) is 8.68. The maximum Gasteiger partial charge on any atom is 0.0641 e. The monoisotopic (exact) mass is 1140 g/mol. The van der Waals surface area contributed by atoms with E-state index in [2.05, 4.69) is 334 Å². The lowest BCUT2D eigenvalue weighted by Crippen LogP contribution is -2.15. The van der Waals surface area contributed by atoms with Crippen LogP contribution in [0, 0.1) is 13.8 Å². The molecule has 0 aliphatic carbocycles. The fourth-order valence-electron chi connectivity index (χ4n) is 14.4. The van der Waals surface area contributed by atoms with Crippen molar-refractivity contribution in [1.82, 2.24) is 8.80 Å². The van der Waals surface area contributed by atoms with Crippen LogP contribution >= 0.6 is 0 Å². The highest BCUT2D eigenvalue weighted by molar-refractivity contribution is 6.32. The summed E-state index contributed by atoms with van der Waals surface area (Å²) in [5, 5.41) is 9.94. The van der Waals surface area contributed by atoms with Crippen LogP contribution in [0.5, 0.6) is 0 Å². The minimum absolute atomic E-state index is 0.0392. The van der Waals surface area contributed by atoms with Gasteiger partial charge in [0, 0.05) is 65.6 Å². The zero-order chi connectivity index (χ0) is 61.1. The zero-order valence-corrected chi connectivity index (χ0v) is 53.6. The van der Waals surface area contributed by atoms with Gasteiger partial charge in [-0.1, -0.05) is 217 Å². The molecule has 0 atom stereocenters. The molecule has 0 radical (unpaired) electrons. The number of hydrogen-bond acceptors (Lipinski definition) is 2. The van der Waals surface area contributed by atoms with Crippen molar-refractivity contribution in [3.63, 3.8) is 0 Å². The Balaban J connectivity index is 0.986. The average molecular weight is 1140 g/mol. The van der Waals surface area contributed by atoms with E-state index in [0.717, 1.165) is 34.1 Å². The highest BCUT2D eigenvalue weighted by Crippen LogP contribution is 2.54. The predicted molar refractivity (Wildman–Crippen MR) is 380 cm³/mol. The minimum Gasteiger partial charge on any atom is -0.309 e. The Kier molecular flexibility index (Phi) is 12.3. The maximum absolute atomic E-state index is 2.58. The Labute approximate surface area is 518 Å². The van der Waals surface area contributed by atoms with E-state index in [4.69, 9.17) is 0 Å². The summed E-state index contributed by atoms with van der Waals surface area (Å²) < 4.78 is 5.16. The van der Waals surface area contributed by atoms with Gasteiger partial charge < -0.3 is 18.6 Å². The maximum atomic E-state index is 2.58. The van der Waals surface area contributed by atoms with Gasteiger partial charge in [-0.25, -0.2) is 0 Å². The topological polar surface area (TPSA) is 15.3 Å². The van der Waals surface area contributed by atoms with Gasteiger partial charge in [-0.15, -0.1) is 0 Å². The van der Waals surface area contributed by atoms with E-state index in [1.54, 1.807) is 0 Å². The third-order valence-corrected chi connectivity index (χ3v) is 19.1. The van der Waals surface area contributed by atoms with E-state index >= 15 is 0 Å². The second-order valence-electron chi connectivity index (χ2n) is 29.3. The van der Waals surface area contributed by atoms with Gasteiger partial charge in [-0.05, 0) is 165 Å². The van der Waals surface area contributed by atoms with Crippen molar-refractivity contribution in [3.05, 3.63) is 252 Å². The van der Waals surface area contributed by atoms with Crippen LogP contribution in [-0.2, 0) is 21.7 Å². The fourth-order valence-corrected chi connectivity index (χ4v) is 14.4. The van der Waals surface area contributed by atoms with E-state index in [0.29, 0.717) is 0 Å². The Bertz CT molecular complexity index is 4920. The summed E-state index contributed by atoms with van der Waals surface area (Å²) in [7, 11) is 0. The molecule has 4 nitrogen and oxygen atoms in total. The van der Waals surface area contributed by atoms with E-state index in [9.17, 15) is 0 Å². The van der Waals surface area contributed by atoms with Gasteiger partial charge in [0.05, 0.1) is 55.8 Å². The number of aryl methyl sites for hydroxylation is 2. The quantitative estimate of drug-likeness (QED) is 0.151. The molecule has 15 rings (SSSR count). The smallest absolute Gasteiger partial charge is 0.0641 e. The first-order valence-corrected chi connectivity index (χ1v) is 31.6. The van der Waals surface area contributed by atoms with Crippen molar-refractivity contribution in [2.75, 3.05) is 9.80 Å². The summed E-state index contributed by atoms with van der Waals surface area (Å²) in [6, 6.07) is 84.0. The first kappa shape index (κ1) is 55.2. The predicted octanol–water partition coefficient (Wildman–Crippen LogP) is 24.1. The molecule has 4 heterocycles. The second-order valence-corrected chi connectivity index (χ2v) is 29.3. The molecule has 434 valence electrons. The molecular formula is C84H78N4. The number of hydrogen-bond donors (Lipinski definition) is 0. The van der Waals surface area contributed by atoms with E-state index in [1.807, 2.05) is 0 Å². The van der Waals surface area contributed by atoms with Gasteiger partial charge >= 0.3 is 0 Å². The number of rotatable bonds is 8. The summed E-state index contributed by atoms with van der Waals surface area (Å²) in [5.74, 6) is 0. The zero-order valence-electron chi connectivity index (χ0n) is 53.6. The minimum atomic E-state index is -0.0497. The molecule has 0 fully saturated rings. The molecule has 0 saturated carbocycles. The van der Waals surface area contributed by atoms with Crippen LogP contribution in [0.2, 0.25) is 0 Å². The van der Waals surface area contributed by atoms with Gasteiger partial charge in [0.15, 0.2) is 0 Å². The van der Waals surface area contributed by atoms with Gasteiger partial charge in [0.25, 0.3) is 0 Å². The van der Waals surface area contributed by atoms with Crippen LogP contribution < -0.4 is 9.80 Å². The number of anilines is 6. The molecule has 0 aliphatic heterocycles. The van der Waals surface area contributed by atoms with Gasteiger partial charge in [-0.3, -0.25) is 0 Å². The van der Waals surface area contributed by atoms with Crippen molar-refractivity contribution < 1.29 is 0 Å². The molecule has 4 heteroatoms. The number of benzene rings is 11. The normalized spacial score (nSPS) is 12.9. The summed E-state index contributed by atoms with van der Waals surface area (Å²) in [5.41, 5.74) is 26.7. The second kappa shape index (κ2) is 19.6. The Morgan fingerprint density at radius 1 is 0.273 bits per heavy atom. The highest BCUT2D eigenvalue weighted by atomic mass is 15.2. The first-order valence-electron chi connectivity index (χ1n) is 31.6. The van der Waals surface area contributed by atoms with Crippen molar-refractivity contribution in [3.8, 4) is 22.3 Å². The number of aromatic nitrogens is 2. The molecule has 15 aromatic rings. The molecule has 0 spiro atoms. The number of para-hydroxylation sites is 2. The lowest BCUT2D eigenvalue weighted by Gasteiger charge is -2.31. The molecule has 0 bridgehead atoms. The van der Waals surface area contributed by atoms with Crippen LogP contribution in [-0.4, -0.2) is 8.80 Å². The fraction of sp³-hybridized carbons (Fsp3) is 0.214. The lowest BCUT2D eigenvalue weighted by molar-refractivity contribution is 0.589. The van der Waals surface area contributed by atoms with Crippen LogP contribution in [0.1, 0.15) is 116 Å². The summed E-state index contributed by atoms with van der Waals surface area (Å²) in [4.78, 5) is 5.10. The van der Waals surface area contributed by atoms with Crippen molar-refractivity contribution in [1.29, 1.82) is 0 Å². The Morgan fingerprint density at radius 3 is 0.989 bits per heavy atom. The van der Waals surface area contributed by atoms with Crippen LogP contribution in [0.15, 0.2) is 218 Å². The third-order valence-electron chi connectivity index (χ3n) is 19.1. The van der Waals surface area contributed by atoms with Crippen LogP contribution in [0.3, 0.4) is 0 Å². The van der Waals surface area contributed by atoms with Crippen LogP contribution in [0.4, 0.5) is 34.1 Å². The molecule has 0 saturated heterocycles. The summed E-state index contributed by atoms with van der Waals surface area (Å²) in [6.45, 7) is 32.1. The standard InChI is InChI=1S/C84H78N4/c1-51-21-19-23-59(45-51)85(71-41-37-57(83(9,10)11)47-65(71)53-29-33-55(34-30-53)81(3,4)5)73-43-39-61-67-49-76-68(50-75(67)87-69-27-17-15-25-63(69)77(73)79(61)87)62-40-44-74(78-64-26-16-18-28-70(64)88(76)80(62)78)86(60-24-20-22-52(2)46-60)72-42-38-58(84(12,13)14)48-66(72)54-31-35-56(36-32-54)82(6,7)8/h15-50H,1-14H3. The average Bonchev–Trinajstić information content (AvgIpc) is 1.52. The molecule has 88 heavy (non-hydrogen) atoms. The molecular weight excluding hydrogens is 1060 g/mol. The lowest BCUT2D eigenvalue weighted by atomic mass is 9.83. The van der Waals surface area contributed by atoms with Gasteiger partial charge in [0.2, 0.25) is 0 Å². The molecule has 0 amide bonds. The first-order chi connectivity index (χ1) is 42.0. The van der Waals surface area contributed by atoms with E-state index in [1.165, 1.54) is 132 Å². The van der Waals surface area contributed by atoms with Gasteiger partial charge in [0.1, 0.15) is 0 Å². The molecule has 0 aliphatic rings. The van der Waals surface area contributed by atoms with E-state index in [-0.39, 0.29) is 21.7 Å². The highest BCUT2D eigenvalue weighted by Gasteiger charge is 2.31. The molecule has 11 aromatic carbocycles. The number of nitrogens with zero attached hydrogens (tertiary/aromatic N) is 4. The van der Waals surface area contributed by atoms with Crippen molar-refractivity contribution in [2.24, 2.45) is 0 Å². The molecule has 0 N–H and O–H groups in total.